The number of hydrogen-bond acceptors (Lipinski definition) is 5. The van der Waals surface area contributed by atoms with E-state index in [1.165, 1.54) is 16.7 Å². The lowest BCUT2D eigenvalue weighted by atomic mass is 10.1. The molecule has 6 heteroatoms. The van der Waals surface area contributed by atoms with Crippen molar-refractivity contribution in [3.8, 4) is 5.75 Å². The summed E-state index contributed by atoms with van der Waals surface area (Å²) in [4.78, 5) is 27.3. The van der Waals surface area contributed by atoms with Crippen molar-refractivity contribution in [1.82, 2.24) is 4.90 Å². The highest BCUT2D eigenvalue weighted by molar-refractivity contribution is 8.04. The summed E-state index contributed by atoms with van der Waals surface area (Å²) >= 11 is 1.24. The smallest absolute Gasteiger partial charge is 0.267 e. The van der Waals surface area contributed by atoms with E-state index in [2.05, 4.69) is 6.92 Å². The van der Waals surface area contributed by atoms with Gasteiger partial charge < -0.3 is 9.84 Å². The monoisotopic (exact) mass is 363 g/mol. The molecule has 2 amide bonds. The van der Waals surface area contributed by atoms with Crippen molar-refractivity contribution in [3.05, 3.63) is 34.7 Å². The van der Waals surface area contributed by atoms with E-state index in [1.54, 1.807) is 24.3 Å². The fourth-order valence-corrected chi connectivity index (χ4v) is 3.58. The molecule has 0 bridgehead atoms. The normalized spacial score (nSPS) is 14.6. The second kappa shape index (κ2) is 9.63. The summed E-state index contributed by atoms with van der Waals surface area (Å²) in [6.07, 6.45) is 2.82. The lowest BCUT2D eigenvalue weighted by Crippen LogP contribution is -2.32. The highest BCUT2D eigenvalue weighted by Crippen LogP contribution is 2.36. The molecule has 25 heavy (non-hydrogen) atoms. The molecule has 1 N–H and O–H groups in total. The molecule has 1 aliphatic rings. The molecule has 0 saturated heterocycles. The molecule has 1 aromatic rings. The maximum absolute atomic E-state index is 12.8. The molecular weight excluding hydrogens is 338 g/mol. The first-order valence-corrected chi connectivity index (χ1v) is 9.69. The number of ether oxygens (including phenoxy) is 1. The van der Waals surface area contributed by atoms with Crippen molar-refractivity contribution < 1.29 is 19.4 Å². The standard InChI is InChI=1S/C19H25NO4S/c1-3-5-6-11-20-18(22)16(17(19(20)23)25-13-12-21)14-7-9-15(10-8-14)24-4-2/h7-10,21H,3-6,11-13H2,1-2H3. The topological polar surface area (TPSA) is 66.8 Å². The molecule has 0 fully saturated rings. The van der Waals surface area contributed by atoms with Gasteiger partial charge in [-0.25, -0.2) is 0 Å². The van der Waals surface area contributed by atoms with Gasteiger partial charge in [-0.15, -0.1) is 11.8 Å². The molecule has 136 valence electrons. The maximum atomic E-state index is 12.8. The predicted octanol–water partition coefficient (Wildman–Crippen LogP) is 3.08. The van der Waals surface area contributed by atoms with Gasteiger partial charge in [0.1, 0.15) is 5.75 Å². The SMILES string of the molecule is CCCCCN1C(=O)C(SCCO)=C(c2ccc(OCC)cc2)C1=O. The van der Waals surface area contributed by atoms with Crippen LogP contribution < -0.4 is 4.74 Å². The average Bonchev–Trinajstić information content (AvgIpc) is 2.85. The Morgan fingerprint density at radius 1 is 1.08 bits per heavy atom. The van der Waals surface area contributed by atoms with Crippen molar-refractivity contribution in [2.45, 2.75) is 33.1 Å². The minimum atomic E-state index is -0.247. The summed E-state index contributed by atoms with van der Waals surface area (Å²) in [5, 5.41) is 9.10. The number of imide groups is 1. The molecule has 5 nitrogen and oxygen atoms in total. The van der Waals surface area contributed by atoms with E-state index in [1.807, 2.05) is 6.92 Å². The maximum Gasteiger partial charge on any atom is 0.267 e. The van der Waals surface area contributed by atoms with E-state index in [0.29, 0.717) is 34.9 Å². The van der Waals surface area contributed by atoms with Gasteiger partial charge in [-0.2, -0.15) is 0 Å². The molecular formula is C19H25NO4S. The zero-order valence-electron chi connectivity index (χ0n) is 14.8. The summed E-state index contributed by atoms with van der Waals surface area (Å²) in [5.41, 5.74) is 1.14. The van der Waals surface area contributed by atoms with Crippen LogP contribution in [0.2, 0.25) is 0 Å². The highest BCUT2D eigenvalue weighted by Gasteiger charge is 2.38. The van der Waals surface area contributed by atoms with E-state index >= 15 is 0 Å². The van der Waals surface area contributed by atoms with Crippen LogP contribution in [-0.4, -0.2) is 47.3 Å². The number of nitrogens with zero attached hydrogens (tertiary/aromatic N) is 1. The molecule has 0 aliphatic carbocycles. The Labute approximate surface area is 153 Å². The number of benzene rings is 1. The zero-order chi connectivity index (χ0) is 18.2. The van der Waals surface area contributed by atoms with Crippen molar-refractivity contribution in [2.75, 3.05) is 25.5 Å². The lowest BCUT2D eigenvalue weighted by molar-refractivity contribution is -0.136. The number of aliphatic hydroxyl groups excluding tert-OH is 1. The Morgan fingerprint density at radius 2 is 1.80 bits per heavy atom. The fraction of sp³-hybridized carbons (Fsp3) is 0.474. The first-order valence-electron chi connectivity index (χ1n) is 8.71. The van der Waals surface area contributed by atoms with Gasteiger partial charge in [0, 0.05) is 12.3 Å². The number of amides is 2. The van der Waals surface area contributed by atoms with Gasteiger partial charge in [0.2, 0.25) is 0 Å². The molecule has 0 saturated carbocycles. The van der Waals surface area contributed by atoms with Gasteiger partial charge in [-0.1, -0.05) is 31.9 Å². The van der Waals surface area contributed by atoms with E-state index in [4.69, 9.17) is 9.84 Å². The van der Waals surface area contributed by atoms with Crippen LogP contribution in [-0.2, 0) is 9.59 Å². The number of rotatable bonds is 10. The fourth-order valence-electron chi connectivity index (χ4n) is 2.70. The average molecular weight is 363 g/mol. The summed E-state index contributed by atoms with van der Waals surface area (Å²) in [5.74, 6) is 0.625. The Kier molecular flexibility index (Phi) is 7.52. The van der Waals surface area contributed by atoms with Crippen LogP contribution in [0.5, 0.6) is 5.75 Å². The number of thioether (sulfide) groups is 1. The molecule has 0 spiro atoms. The summed E-state index contributed by atoms with van der Waals surface area (Å²) in [6.45, 7) is 4.96. The number of unbranched alkanes of at least 4 members (excludes halogenated alkanes) is 2. The van der Waals surface area contributed by atoms with Gasteiger partial charge in [0.15, 0.2) is 0 Å². The van der Waals surface area contributed by atoms with Gasteiger partial charge in [-0.05, 0) is 31.0 Å². The van der Waals surface area contributed by atoms with Crippen LogP contribution in [0.25, 0.3) is 5.57 Å². The Bertz CT molecular complexity index is 639. The minimum absolute atomic E-state index is 0.0397. The van der Waals surface area contributed by atoms with Gasteiger partial charge in [0.25, 0.3) is 11.8 Å². The summed E-state index contributed by atoms with van der Waals surface area (Å²) < 4.78 is 5.43. The van der Waals surface area contributed by atoms with Crippen LogP contribution in [0, 0.1) is 0 Å². The van der Waals surface area contributed by atoms with E-state index in [9.17, 15) is 9.59 Å². The molecule has 0 radical (unpaired) electrons. The zero-order valence-corrected chi connectivity index (χ0v) is 15.6. The number of aliphatic hydroxyl groups is 1. The highest BCUT2D eigenvalue weighted by atomic mass is 32.2. The molecule has 1 aromatic carbocycles. The third-order valence-corrected chi connectivity index (χ3v) is 4.96. The third-order valence-electron chi connectivity index (χ3n) is 3.90. The van der Waals surface area contributed by atoms with Gasteiger partial charge >= 0.3 is 0 Å². The lowest BCUT2D eigenvalue weighted by Gasteiger charge is -2.14. The van der Waals surface area contributed by atoms with Gasteiger partial charge in [0.05, 0.1) is 23.7 Å². The number of carbonyl (C=O) groups is 2. The minimum Gasteiger partial charge on any atom is -0.494 e. The molecule has 1 heterocycles. The van der Waals surface area contributed by atoms with Crippen molar-refractivity contribution in [3.63, 3.8) is 0 Å². The van der Waals surface area contributed by atoms with Crippen molar-refractivity contribution in [2.24, 2.45) is 0 Å². The molecule has 0 atom stereocenters. The van der Waals surface area contributed by atoms with Crippen LogP contribution in [0.4, 0.5) is 0 Å². The number of hydrogen-bond donors (Lipinski definition) is 1. The number of carbonyl (C=O) groups excluding carboxylic acids is 2. The quantitative estimate of drug-likeness (QED) is 0.511. The third kappa shape index (κ3) is 4.64. The van der Waals surface area contributed by atoms with E-state index in [0.717, 1.165) is 25.0 Å². The van der Waals surface area contributed by atoms with Crippen molar-refractivity contribution in [1.29, 1.82) is 0 Å². The second-order valence-electron chi connectivity index (χ2n) is 5.70. The largest absolute Gasteiger partial charge is 0.494 e. The van der Waals surface area contributed by atoms with Crippen molar-refractivity contribution >= 4 is 29.1 Å². The summed E-state index contributed by atoms with van der Waals surface area (Å²) in [6, 6.07) is 7.22. The Balaban J connectivity index is 2.29. The van der Waals surface area contributed by atoms with Crippen LogP contribution in [0.1, 0.15) is 38.7 Å². The first-order chi connectivity index (χ1) is 12.1. The summed E-state index contributed by atoms with van der Waals surface area (Å²) in [7, 11) is 0. The van der Waals surface area contributed by atoms with Crippen LogP contribution in [0.3, 0.4) is 0 Å². The Morgan fingerprint density at radius 3 is 2.40 bits per heavy atom. The van der Waals surface area contributed by atoms with Crippen LogP contribution >= 0.6 is 11.8 Å². The van der Waals surface area contributed by atoms with Crippen LogP contribution in [0.15, 0.2) is 29.2 Å². The molecule has 1 aliphatic heterocycles. The molecule has 2 rings (SSSR count). The van der Waals surface area contributed by atoms with E-state index < -0.39 is 0 Å². The second-order valence-corrected chi connectivity index (χ2v) is 6.81. The molecule has 0 unspecified atom stereocenters. The molecule has 0 aromatic heterocycles. The predicted molar refractivity (Wildman–Crippen MR) is 100 cm³/mol. The Hall–Kier alpha value is -1.79. The van der Waals surface area contributed by atoms with Gasteiger partial charge in [-0.3, -0.25) is 14.5 Å². The van der Waals surface area contributed by atoms with E-state index in [-0.39, 0.29) is 18.4 Å². The first kappa shape index (κ1) is 19.5.